The Morgan fingerprint density at radius 3 is 2.24 bits per heavy atom. The number of nitrogens with zero attached hydrogens (tertiary/aromatic N) is 2. The molecule has 0 saturated carbocycles. The highest BCUT2D eigenvalue weighted by molar-refractivity contribution is 6.05. The number of amides is 1. The smallest absolute Gasteiger partial charge is 0.272 e. The zero-order valence-electron chi connectivity index (χ0n) is 12.7. The van der Waals surface area contributed by atoms with Gasteiger partial charge in [-0.3, -0.25) is 9.59 Å². The molecule has 21 heavy (non-hydrogen) atoms. The first-order valence-corrected chi connectivity index (χ1v) is 6.64. The highest BCUT2D eigenvalue weighted by Crippen LogP contribution is 2.17. The first-order valence-electron chi connectivity index (χ1n) is 6.64. The minimum atomic E-state index is -0.234. The van der Waals surface area contributed by atoms with Crippen molar-refractivity contribution in [1.82, 2.24) is 4.57 Å². The van der Waals surface area contributed by atoms with Crippen LogP contribution >= 0.6 is 0 Å². The summed E-state index contributed by atoms with van der Waals surface area (Å²) in [5.74, 6) is -0.289. The van der Waals surface area contributed by atoms with Gasteiger partial charge in [0.1, 0.15) is 5.69 Å². The molecule has 1 aromatic heterocycles. The summed E-state index contributed by atoms with van der Waals surface area (Å²) in [7, 11) is 5.66. The van der Waals surface area contributed by atoms with Crippen molar-refractivity contribution < 1.29 is 9.59 Å². The molecule has 0 fully saturated rings. The molecular formula is C16H19N3O2. The SMILES string of the molecule is CC(=O)c1cc(C(=O)Nc2ccc(N(C)C)cc2)n(C)c1. The number of rotatable bonds is 4. The Bertz CT molecular complexity index is 669. The fourth-order valence-corrected chi connectivity index (χ4v) is 2.02. The van der Waals surface area contributed by atoms with Gasteiger partial charge in [0.25, 0.3) is 5.91 Å². The van der Waals surface area contributed by atoms with E-state index in [0.717, 1.165) is 11.4 Å². The lowest BCUT2D eigenvalue weighted by Gasteiger charge is -2.13. The van der Waals surface area contributed by atoms with Gasteiger partial charge >= 0.3 is 0 Å². The van der Waals surface area contributed by atoms with E-state index in [2.05, 4.69) is 5.32 Å². The van der Waals surface area contributed by atoms with Gasteiger partial charge in [-0.05, 0) is 37.3 Å². The second-order valence-corrected chi connectivity index (χ2v) is 5.18. The maximum atomic E-state index is 12.2. The summed E-state index contributed by atoms with van der Waals surface area (Å²) in [6.45, 7) is 1.48. The number of aryl methyl sites for hydroxylation is 1. The van der Waals surface area contributed by atoms with E-state index >= 15 is 0 Å². The van der Waals surface area contributed by atoms with Gasteiger partial charge in [-0.25, -0.2) is 0 Å². The zero-order chi connectivity index (χ0) is 15.6. The number of carbonyl (C=O) groups excluding carboxylic acids is 2. The fraction of sp³-hybridized carbons (Fsp3) is 0.250. The van der Waals surface area contributed by atoms with Gasteiger partial charge < -0.3 is 14.8 Å². The van der Waals surface area contributed by atoms with Crippen LogP contribution in [0, 0.1) is 0 Å². The highest BCUT2D eigenvalue weighted by Gasteiger charge is 2.13. The number of Topliss-reactive ketones (excluding diaryl/α,β-unsaturated/α-hetero) is 1. The molecule has 2 rings (SSSR count). The molecule has 1 aromatic carbocycles. The molecule has 0 aliphatic carbocycles. The average molecular weight is 285 g/mol. The van der Waals surface area contributed by atoms with E-state index in [4.69, 9.17) is 0 Å². The van der Waals surface area contributed by atoms with Gasteiger partial charge in [0.15, 0.2) is 5.78 Å². The molecule has 1 N–H and O–H groups in total. The number of ketones is 1. The van der Waals surface area contributed by atoms with E-state index in [9.17, 15) is 9.59 Å². The Labute approximate surface area is 124 Å². The maximum Gasteiger partial charge on any atom is 0.272 e. The Hall–Kier alpha value is -2.56. The molecule has 5 nitrogen and oxygen atoms in total. The number of aromatic nitrogens is 1. The number of anilines is 2. The van der Waals surface area contributed by atoms with Crippen molar-refractivity contribution in [2.75, 3.05) is 24.3 Å². The third-order valence-electron chi connectivity index (χ3n) is 3.29. The third-order valence-corrected chi connectivity index (χ3v) is 3.29. The molecule has 0 bridgehead atoms. The minimum Gasteiger partial charge on any atom is -0.378 e. The van der Waals surface area contributed by atoms with Crippen LogP contribution in [0.25, 0.3) is 0 Å². The monoisotopic (exact) mass is 285 g/mol. The average Bonchev–Trinajstić information content (AvgIpc) is 2.81. The maximum absolute atomic E-state index is 12.2. The standard InChI is InChI=1S/C16H19N3O2/c1-11(20)12-9-15(19(4)10-12)16(21)17-13-5-7-14(8-6-13)18(2)3/h5-10H,1-4H3,(H,17,21). The highest BCUT2D eigenvalue weighted by atomic mass is 16.2. The van der Waals surface area contributed by atoms with Crippen LogP contribution in [-0.2, 0) is 7.05 Å². The van der Waals surface area contributed by atoms with Crippen LogP contribution in [0.4, 0.5) is 11.4 Å². The Morgan fingerprint density at radius 1 is 1.14 bits per heavy atom. The number of hydrogen-bond acceptors (Lipinski definition) is 3. The predicted molar refractivity (Wildman–Crippen MR) is 84.1 cm³/mol. The predicted octanol–water partition coefficient (Wildman–Crippen LogP) is 2.55. The molecule has 0 atom stereocenters. The van der Waals surface area contributed by atoms with Gasteiger partial charge in [-0.15, -0.1) is 0 Å². The summed E-state index contributed by atoms with van der Waals surface area (Å²) in [5.41, 5.74) is 2.77. The molecule has 1 heterocycles. The number of nitrogens with one attached hydrogen (secondary N) is 1. The second-order valence-electron chi connectivity index (χ2n) is 5.18. The number of hydrogen-bond donors (Lipinski definition) is 1. The summed E-state index contributed by atoms with van der Waals surface area (Å²) < 4.78 is 1.65. The molecule has 0 aliphatic rings. The van der Waals surface area contributed by atoms with Gasteiger partial charge in [-0.1, -0.05) is 0 Å². The first kappa shape index (κ1) is 14.8. The summed E-state index contributed by atoms with van der Waals surface area (Å²) >= 11 is 0. The molecule has 2 aromatic rings. The molecule has 0 spiro atoms. The second kappa shape index (κ2) is 5.83. The molecule has 0 unspecified atom stereocenters. The van der Waals surface area contributed by atoms with Crippen molar-refractivity contribution in [2.24, 2.45) is 7.05 Å². The summed E-state index contributed by atoms with van der Waals surface area (Å²) in [5, 5.41) is 2.83. The largest absolute Gasteiger partial charge is 0.378 e. The van der Waals surface area contributed by atoms with E-state index in [0.29, 0.717) is 11.3 Å². The van der Waals surface area contributed by atoms with Gasteiger partial charge in [0.2, 0.25) is 0 Å². The van der Waals surface area contributed by atoms with Gasteiger partial charge in [-0.2, -0.15) is 0 Å². The van der Waals surface area contributed by atoms with Crippen LogP contribution in [0.2, 0.25) is 0 Å². The quantitative estimate of drug-likeness (QED) is 0.878. The normalized spacial score (nSPS) is 10.3. The van der Waals surface area contributed by atoms with Crippen molar-refractivity contribution in [2.45, 2.75) is 6.92 Å². The van der Waals surface area contributed by atoms with Crippen molar-refractivity contribution >= 4 is 23.1 Å². The fourth-order valence-electron chi connectivity index (χ4n) is 2.02. The molecular weight excluding hydrogens is 266 g/mol. The van der Waals surface area contributed by atoms with Gasteiger partial charge in [0, 0.05) is 44.3 Å². The topological polar surface area (TPSA) is 54.3 Å². The lowest BCUT2D eigenvalue weighted by molar-refractivity contribution is 0.101. The molecule has 0 saturated heterocycles. The Morgan fingerprint density at radius 2 is 1.76 bits per heavy atom. The van der Waals surface area contributed by atoms with Crippen molar-refractivity contribution in [3.63, 3.8) is 0 Å². The number of carbonyl (C=O) groups is 2. The molecule has 1 amide bonds. The van der Waals surface area contributed by atoms with Crippen LogP contribution in [0.15, 0.2) is 36.5 Å². The van der Waals surface area contributed by atoms with Crippen LogP contribution < -0.4 is 10.2 Å². The Balaban J connectivity index is 2.16. The van der Waals surface area contributed by atoms with E-state index in [-0.39, 0.29) is 11.7 Å². The van der Waals surface area contributed by atoms with E-state index in [1.807, 2.05) is 43.3 Å². The van der Waals surface area contributed by atoms with E-state index in [1.54, 1.807) is 23.9 Å². The van der Waals surface area contributed by atoms with Crippen LogP contribution in [0.5, 0.6) is 0 Å². The lowest BCUT2D eigenvalue weighted by Crippen LogP contribution is -2.15. The van der Waals surface area contributed by atoms with Crippen LogP contribution in [0.1, 0.15) is 27.8 Å². The van der Waals surface area contributed by atoms with Crippen LogP contribution in [-0.4, -0.2) is 30.4 Å². The van der Waals surface area contributed by atoms with E-state index < -0.39 is 0 Å². The van der Waals surface area contributed by atoms with Crippen molar-refractivity contribution in [3.05, 3.63) is 47.8 Å². The Kier molecular flexibility index (Phi) is 4.12. The number of benzene rings is 1. The molecule has 0 radical (unpaired) electrons. The van der Waals surface area contributed by atoms with Crippen molar-refractivity contribution in [1.29, 1.82) is 0 Å². The summed E-state index contributed by atoms with van der Waals surface area (Å²) in [4.78, 5) is 25.6. The summed E-state index contributed by atoms with van der Waals surface area (Å²) in [6, 6.07) is 9.17. The van der Waals surface area contributed by atoms with Crippen LogP contribution in [0.3, 0.4) is 0 Å². The summed E-state index contributed by atoms with van der Waals surface area (Å²) in [6.07, 6.45) is 1.66. The molecule has 110 valence electrons. The lowest BCUT2D eigenvalue weighted by atomic mass is 10.2. The zero-order valence-corrected chi connectivity index (χ0v) is 12.7. The molecule has 5 heteroatoms. The molecule has 0 aliphatic heterocycles. The minimum absolute atomic E-state index is 0.0556. The van der Waals surface area contributed by atoms with Crippen molar-refractivity contribution in [3.8, 4) is 0 Å². The van der Waals surface area contributed by atoms with Gasteiger partial charge in [0.05, 0.1) is 0 Å². The third kappa shape index (κ3) is 3.31. The first-order chi connectivity index (χ1) is 9.88. The van der Waals surface area contributed by atoms with E-state index in [1.165, 1.54) is 6.92 Å².